The number of nitrogens with one attached hydrogen (secondary N) is 1. The largest absolute Gasteiger partial charge is 0.464 e. The molecule has 7 heteroatoms. The Morgan fingerprint density at radius 1 is 1.24 bits per heavy atom. The zero-order valence-corrected chi connectivity index (χ0v) is 17.1. The highest BCUT2D eigenvalue weighted by atomic mass is 32.1. The van der Waals surface area contributed by atoms with Gasteiger partial charge in [-0.2, -0.15) is 0 Å². The number of carbonyl (C=O) groups is 2. The molecule has 0 fully saturated rings. The van der Waals surface area contributed by atoms with Crippen molar-refractivity contribution in [2.45, 2.75) is 60.0 Å². The maximum Gasteiger partial charge on any atom is 0.328 e. The van der Waals surface area contributed by atoms with Crippen molar-refractivity contribution in [1.82, 2.24) is 15.2 Å². The lowest BCUT2D eigenvalue weighted by molar-refractivity contribution is -0.148. The molecule has 0 spiro atoms. The number of hydrogen-bond acceptors (Lipinski definition) is 5. The lowest BCUT2D eigenvalue weighted by Gasteiger charge is -2.24. The van der Waals surface area contributed by atoms with E-state index in [0.29, 0.717) is 19.1 Å². The molecule has 2 amide bonds. The number of aromatic nitrogens is 1. The summed E-state index contributed by atoms with van der Waals surface area (Å²) in [5, 5.41) is 5.80. The SMILES string of the molecule is CC(C)COC(=O)[C@@H](NC(=O)N(C)Cc1csc(C(C)C)n1)C(C)C. The summed E-state index contributed by atoms with van der Waals surface area (Å²) in [6.45, 7) is 12.7. The molecular weight excluding hydrogens is 338 g/mol. The van der Waals surface area contributed by atoms with Gasteiger partial charge in [-0.3, -0.25) is 0 Å². The molecule has 1 aromatic heterocycles. The number of rotatable bonds is 8. The molecule has 0 bridgehead atoms. The van der Waals surface area contributed by atoms with Crippen molar-refractivity contribution in [3.63, 3.8) is 0 Å². The number of nitrogens with zero attached hydrogens (tertiary/aromatic N) is 2. The summed E-state index contributed by atoms with van der Waals surface area (Å²) < 4.78 is 5.27. The lowest BCUT2D eigenvalue weighted by atomic mass is 10.0. The van der Waals surface area contributed by atoms with Gasteiger partial charge in [-0.15, -0.1) is 11.3 Å². The second-order valence-electron chi connectivity index (χ2n) is 7.38. The molecular formula is C18H31N3O3S. The topological polar surface area (TPSA) is 71.5 Å². The Labute approximate surface area is 155 Å². The summed E-state index contributed by atoms with van der Waals surface area (Å²) in [5.41, 5.74) is 0.856. The van der Waals surface area contributed by atoms with Crippen molar-refractivity contribution >= 4 is 23.3 Å². The highest BCUT2D eigenvalue weighted by Gasteiger charge is 2.27. The number of amides is 2. The first-order valence-corrected chi connectivity index (χ1v) is 9.62. The zero-order valence-electron chi connectivity index (χ0n) is 16.3. The molecule has 1 rings (SSSR count). The van der Waals surface area contributed by atoms with Gasteiger partial charge in [-0.05, 0) is 11.8 Å². The van der Waals surface area contributed by atoms with Crippen LogP contribution in [0.5, 0.6) is 0 Å². The summed E-state index contributed by atoms with van der Waals surface area (Å²) in [5.74, 6) is 0.193. The van der Waals surface area contributed by atoms with Crippen LogP contribution in [0, 0.1) is 11.8 Å². The van der Waals surface area contributed by atoms with Gasteiger partial charge in [-0.1, -0.05) is 41.5 Å². The van der Waals surface area contributed by atoms with Crippen molar-refractivity contribution < 1.29 is 14.3 Å². The van der Waals surface area contributed by atoms with E-state index in [1.807, 2.05) is 33.1 Å². The maximum atomic E-state index is 12.4. The van der Waals surface area contributed by atoms with Crippen LogP contribution < -0.4 is 5.32 Å². The Balaban J connectivity index is 2.64. The van der Waals surface area contributed by atoms with Crippen LogP contribution in [0.3, 0.4) is 0 Å². The van der Waals surface area contributed by atoms with E-state index in [2.05, 4.69) is 24.1 Å². The number of ether oxygens (including phenoxy) is 1. The maximum absolute atomic E-state index is 12.4. The Bertz CT molecular complexity index is 570. The molecule has 1 N–H and O–H groups in total. The van der Waals surface area contributed by atoms with Gasteiger partial charge in [0, 0.05) is 18.3 Å². The van der Waals surface area contributed by atoms with E-state index in [1.165, 1.54) is 4.90 Å². The zero-order chi connectivity index (χ0) is 19.1. The van der Waals surface area contributed by atoms with Crippen LogP contribution in [0.25, 0.3) is 0 Å². The number of carbonyl (C=O) groups excluding carboxylic acids is 2. The van der Waals surface area contributed by atoms with E-state index in [1.54, 1.807) is 18.4 Å². The third-order valence-electron chi connectivity index (χ3n) is 3.57. The van der Waals surface area contributed by atoms with Crippen LogP contribution in [0.2, 0.25) is 0 Å². The van der Waals surface area contributed by atoms with Crippen molar-refractivity contribution in [3.8, 4) is 0 Å². The summed E-state index contributed by atoms with van der Waals surface area (Å²) in [6, 6.07) is -0.963. The molecule has 0 aromatic carbocycles. The second kappa shape index (κ2) is 9.75. The number of thiazole rings is 1. The molecule has 0 aliphatic heterocycles. The number of hydrogen-bond donors (Lipinski definition) is 1. The smallest absolute Gasteiger partial charge is 0.328 e. The minimum absolute atomic E-state index is 0.0520. The van der Waals surface area contributed by atoms with Crippen LogP contribution in [0.1, 0.15) is 58.2 Å². The monoisotopic (exact) mass is 369 g/mol. The quantitative estimate of drug-likeness (QED) is 0.710. The Morgan fingerprint density at radius 2 is 1.88 bits per heavy atom. The Morgan fingerprint density at radius 3 is 2.36 bits per heavy atom. The minimum atomic E-state index is -0.657. The summed E-state index contributed by atoms with van der Waals surface area (Å²) in [6.07, 6.45) is 0. The molecule has 0 aliphatic rings. The van der Waals surface area contributed by atoms with Gasteiger partial charge >= 0.3 is 12.0 Å². The first-order valence-electron chi connectivity index (χ1n) is 8.74. The van der Waals surface area contributed by atoms with E-state index >= 15 is 0 Å². The molecule has 1 aromatic rings. The van der Waals surface area contributed by atoms with Crippen LogP contribution in [0.15, 0.2) is 5.38 Å². The van der Waals surface area contributed by atoms with Crippen molar-refractivity contribution in [1.29, 1.82) is 0 Å². The van der Waals surface area contributed by atoms with Gasteiger partial charge in [0.2, 0.25) is 0 Å². The minimum Gasteiger partial charge on any atom is -0.464 e. The fraction of sp³-hybridized carbons (Fsp3) is 0.722. The van der Waals surface area contributed by atoms with Crippen molar-refractivity contribution in [3.05, 3.63) is 16.1 Å². The Kier molecular flexibility index (Phi) is 8.35. The third kappa shape index (κ3) is 7.02. The average Bonchev–Trinajstić information content (AvgIpc) is 2.98. The lowest BCUT2D eigenvalue weighted by Crippen LogP contribution is -2.49. The van der Waals surface area contributed by atoms with Gasteiger partial charge in [0.25, 0.3) is 0 Å². The van der Waals surface area contributed by atoms with Crippen LogP contribution in [-0.2, 0) is 16.1 Å². The van der Waals surface area contributed by atoms with E-state index in [4.69, 9.17) is 4.74 Å². The van der Waals surface area contributed by atoms with Crippen molar-refractivity contribution in [2.24, 2.45) is 11.8 Å². The first-order chi connectivity index (χ1) is 11.6. The van der Waals surface area contributed by atoms with Gasteiger partial charge in [0.1, 0.15) is 6.04 Å². The predicted octanol–water partition coefficient (Wildman–Crippen LogP) is 3.63. The summed E-state index contributed by atoms with van der Waals surface area (Å²) in [7, 11) is 1.70. The molecule has 142 valence electrons. The average molecular weight is 370 g/mol. The molecule has 0 saturated carbocycles. The Hall–Kier alpha value is -1.63. The van der Waals surface area contributed by atoms with E-state index in [-0.39, 0.29) is 23.8 Å². The molecule has 6 nitrogen and oxygen atoms in total. The van der Waals surface area contributed by atoms with Gasteiger partial charge in [0.15, 0.2) is 0 Å². The molecule has 1 atom stereocenters. The first kappa shape index (κ1) is 21.4. The van der Waals surface area contributed by atoms with Crippen LogP contribution in [-0.4, -0.2) is 41.6 Å². The molecule has 0 radical (unpaired) electrons. The van der Waals surface area contributed by atoms with Gasteiger partial charge in [0.05, 0.1) is 23.9 Å². The van der Waals surface area contributed by atoms with Gasteiger partial charge < -0.3 is 15.0 Å². The fourth-order valence-electron chi connectivity index (χ4n) is 2.05. The normalized spacial score (nSPS) is 12.6. The van der Waals surface area contributed by atoms with Crippen LogP contribution in [0.4, 0.5) is 4.79 Å². The van der Waals surface area contributed by atoms with Gasteiger partial charge in [-0.25, -0.2) is 14.6 Å². The summed E-state index contributed by atoms with van der Waals surface area (Å²) in [4.78, 5) is 30.7. The summed E-state index contributed by atoms with van der Waals surface area (Å²) >= 11 is 1.60. The number of urea groups is 1. The van der Waals surface area contributed by atoms with E-state index < -0.39 is 6.04 Å². The third-order valence-corrected chi connectivity index (χ3v) is 4.76. The highest BCUT2D eigenvalue weighted by Crippen LogP contribution is 2.19. The fourth-order valence-corrected chi connectivity index (χ4v) is 2.88. The molecule has 1 heterocycles. The van der Waals surface area contributed by atoms with Crippen LogP contribution >= 0.6 is 11.3 Å². The molecule has 0 aliphatic carbocycles. The second-order valence-corrected chi connectivity index (χ2v) is 8.27. The molecule has 0 saturated heterocycles. The molecule has 0 unspecified atom stereocenters. The number of esters is 1. The van der Waals surface area contributed by atoms with E-state index in [9.17, 15) is 9.59 Å². The standard InChI is InChI=1S/C18H31N3O3S/c1-11(2)9-24-17(22)15(12(3)4)20-18(23)21(7)8-14-10-25-16(19-14)13(5)6/h10-13,15H,8-9H2,1-7H3,(H,20,23)/t15-/m0/s1. The highest BCUT2D eigenvalue weighted by molar-refractivity contribution is 7.09. The predicted molar refractivity (Wildman–Crippen MR) is 101 cm³/mol. The van der Waals surface area contributed by atoms with Crippen molar-refractivity contribution in [2.75, 3.05) is 13.7 Å². The van der Waals surface area contributed by atoms with E-state index in [0.717, 1.165) is 10.7 Å². The molecule has 25 heavy (non-hydrogen) atoms.